The van der Waals surface area contributed by atoms with Gasteiger partial charge in [0.15, 0.2) is 0 Å². The van der Waals surface area contributed by atoms with Crippen molar-refractivity contribution in [3.05, 3.63) is 40.2 Å². The molecule has 20 heavy (non-hydrogen) atoms. The van der Waals surface area contributed by atoms with Crippen molar-refractivity contribution in [2.75, 3.05) is 0 Å². The Hall–Kier alpha value is -2.35. The highest BCUT2D eigenvalue weighted by Gasteiger charge is 2.13. The molecule has 8 heteroatoms. The van der Waals surface area contributed by atoms with Gasteiger partial charge in [-0.15, -0.1) is 11.3 Å². The molecule has 0 spiro atoms. The van der Waals surface area contributed by atoms with Crippen LogP contribution in [-0.4, -0.2) is 22.1 Å². The number of urea groups is 1. The van der Waals surface area contributed by atoms with Crippen molar-refractivity contribution in [2.45, 2.75) is 19.5 Å². The van der Waals surface area contributed by atoms with E-state index in [1.165, 1.54) is 23.5 Å². The molecule has 2 amide bonds. The molecule has 0 aliphatic carbocycles. The van der Waals surface area contributed by atoms with Gasteiger partial charge in [-0.3, -0.25) is 0 Å². The molecule has 1 atom stereocenters. The van der Waals surface area contributed by atoms with Crippen LogP contribution in [0.2, 0.25) is 0 Å². The van der Waals surface area contributed by atoms with Crippen LogP contribution in [0.25, 0.3) is 0 Å². The maximum atomic E-state index is 11.7. The molecule has 0 radical (unpaired) electrons. The van der Waals surface area contributed by atoms with Crippen LogP contribution >= 0.6 is 11.3 Å². The lowest BCUT2D eigenvalue weighted by atomic mass is 10.3. The van der Waals surface area contributed by atoms with Crippen molar-refractivity contribution in [1.82, 2.24) is 15.6 Å². The van der Waals surface area contributed by atoms with E-state index in [1.54, 1.807) is 6.20 Å². The molecule has 2 aromatic rings. The smallest absolute Gasteiger partial charge is 0.371 e. The van der Waals surface area contributed by atoms with Crippen molar-refractivity contribution >= 4 is 23.3 Å². The van der Waals surface area contributed by atoms with E-state index in [0.717, 1.165) is 5.01 Å². The summed E-state index contributed by atoms with van der Waals surface area (Å²) in [6, 6.07) is 2.28. The first kappa shape index (κ1) is 14.1. The number of thiazole rings is 1. The second-order valence-electron chi connectivity index (χ2n) is 3.99. The maximum absolute atomic E-state index is 11.7. The standard InChI is InChI=1S/C12H13N3O4S/c1-7(10-13-4-5-20-10)15-12(18)14-6-8-2-3-9(19-8)11(16)17/h2-5,7H,6H2,1H3,(H,16,17)(H2,14,15,18). The van der Waals surface area contributed by atoms with Crippen LogP contribution in [0.4, 0.5) is 4.79 Å². The minimum absolute atomic E-state index is 0.115. The number of furan rings is 1. The molecule has 106 valence electrons. The molecular weight excluding hydrogens is 282 g/mol. The van der Waals surface area contributed by atoms with Crippen LogP contribution < -0.4 is 10.6 Å². The Kier molecular flexibility index (Phi) is 4.36. The van der Waals surface area contributed by atoms with Crippen molar-refractivity contribution in [1.29, 1.82) is 0 Å². The Morgan fingerprint density at radius 1 is 1.50 bits per heavy atom. The van der Waals surface area contributed by atoms with Crippen molar-refractivity contribution < 1.29 is 19.1 Å². The molecule has 3 N–H and O–H groups in total. The Morgan fingerprint density at radius 2 is 2.30 bits per heavy atom. The first-order valence-corrected chi connectivity index (χ1v) is 6.70. The van der Waals surface area contributed by atoms with Crippen molar-refractivity contribution in [3.63, 3.8) is 0 Å². The third kappa shape index (κ3) is 3.58. The maximum Gasteiger partial charge on any atom is 0.371 e. The monoisotopic (exact) mass is 295 g/mol. The number of rotatable bonds is 5. The van der Waals surface area contributed by atoms with Gasteiger partial charge in [0.25, 0.3) is 0 Å². The molecule has 0 fully saturated rings. The fourth-order valence-corrected chi connectivity index (χ4v) is 2.16. The van der Waals surface area contributed by atoms with Gasteiger partial charge in [0.05, 0.1) is 12.6 Å². The number of carboxylic acid groups (broad SMARTS) is 1. The lowest BCUT2D eigenvalue weighted by Gasteiger charge is -2.11. The Labute approximate surface area is 118 Å². The van der Waals surface area contributed by atoms with Gasteiger partial charge < -0.3 is 20.2 Å². The first-order valence-electron chi connectivity index (χ1n) is 5.82. The van der Waals surface area contributed by atoms with Crippen LogP contribution in [0.1, 0.15) is 34.3 Å². The van der Waals surface area contributed by atoms with Crippen LogP contribution in [0, 0.1) is 0 Å². The van der Waals surface area contributed by atoms with Crippen molar-refractivity contribution in [3.8, 4) is 0 Å². The zero-order chi connectivity index (χ0) is 14.5. The predicted octanol–water partition coefficient (Wildman–Crippen LogP) is 1.99. The molecular formula is C12H13N3O4S. The number of nitrogens with one attached hydrogen (secondary N) is 2. The largest absolute Gasteiger partial charge is 0.475 e. The topological polar surface area (TPSA) is 104 Å². The fraction of sp³-hybridized carbons (Fsp3) is 0.250. The molecule has 2 heterocycles. The van der Waals surface area contributed by atoms with Crippen molar-refractivity contribution in [2.24, 2.45) is 0 Å². The highest BCUT2D eigenvalue weighted by molar-refractivity contribution is 7.09. The van der Waals surface area contributed by atoms with Gasteiger partial charge in [0.1, 0.15) is 10.8 Å². The quantitative estimate of drug-likeness (QED) is 0.782. The van der Waals surface area contributed by atoms with Gasteiger partial charge in [-0.1, -0.05) is 0 Å². The molecule has 2 rings (SSSR count). The van der Waals surface area contributed by atoms with Crippen LogP contribution in [0.5, 0.6) is 0 Å². The number of carbonyl (C=O) groups excluding carboxylic acids is 1. The number of carboxylic acids is 1. The van der Waals surface area contributed by atoms with E-state index < -0.39 is 5.97 Å². The summed E-state index contributed by atoms with van der Waals surface area (Å²) in [7, 11) is 0. The Morgan fingerprint density at radius 3 is 2.90 bits per heavy atom. The first-order chi connectivity index (χ1) is 9.56. The zero-order valence-electron chi connectivity index (χ0n) is 10.6. The van der Waals surface area contributed by atoms with Gasteiger partial charge in [-0.25, -0.2) is 14.6 Å². The number of hydrogen-bond acceptors (Lipinski definition) is 5. The van der Waals surface area contributed by atoms with Gasteiger partial charge >= 0.3 is 12.0 Å². The highest BCUT2D eigenvalue weighted by atomic mass is 32.1. The van der Waals surface area contributed by atoms with Gasteiger partial charge in [-0.2, -0.15) is 0 Å². The highest BCUT2D eigenvalue weighted by Crippen LogP contribution is 2.14. The number of nitrogens with zero attached hydrogens (tertiary/aromatic N) is 1. The number of aromatic carboxylic acids is 1. The minimum Gasteiger partial charge on any atom is -0.475 e. The Bertz CT molecular complexity index is 594. The summed E-state index contributed by atoms with van der Waals surface area (Å²) in [4.78, 5) is 26.4. The molecule has 0 saturated heterocycles. The molecule has 0 aliphatic heterocycles. The van der Waals surface area contributed by atoms with Gasteiger partial charge in [0, 0.05) is 11.6 Å². The molecule has 0 bridgehead atoms. The normalized spacial score (nSPS) is 11.8. The summed E-state index contributed by atoms with van der Waals surface area (Å²) in [5.41, 5.74) is 0. The average molecular weight is 295 g/mol. The summed E-state index contributed by atoms with van der Waals surface area (Å²) in [6.45, 7) is 1.94. The van der Waals surface area contributed by atoms with E-state index >= 15 is 0 Å². The zero-order valence-corrected chi connectivity index (χ0v) is 11.4. The lowest BCUT2D eigenvalue weighted by Crippen LogP contribution is -2.36. The summed E-state index contributed by atoms with van der Waals surface area (Å²) in [5.74, 6) is -0.920. The van der Waals surface area contributed by atoms with Gasteiger partial charge in [-0.05, 0) is 19.1 Å². The molecule has 0 saturated carbocycles. The second-order valence-corrected chi connectivity index (χ2v) is 4.92. The number of hydrogen-bond donors (Lipinski definition) is 3. The second kappa shape index (κ2) is 6.20. The van der Waals surface area contributed by atoms with E-state index in [4.69, 9.17) is 9.52 Å². The summed E-state index contributed by atoms with van der Waals surface area (Å²) in [6.07, 6.45) is 1.67. The van der Waals surface area contributed by atoms with Crippen LogP contribution in [-0.2, 0) is 6.54 Å². The SMILES string of the molecule is CC(NC(=O)NCc1ccc(C(=O)O)o1)c1nccs1. The lowest BCUT2D eigenvalue weighted by molar-refractivity contribution is 0.0660. The van der Waals surface area contributed by atoms with E-state index in [9.17, 15) is 9.59 Å². The molecule has 0 aromatic carbocycles. The third-order valence-corrected chi connectivity index (χ3v) is 3.42. The minimum atomic E-state index is -1.14. The van der Waals surface area contributed by atoms with Crippen LogP contribution in [0.3, 0.4) is 0 Å². The summed E-state index contributed by atoms with van der Waals surface area (Å²) >= 11 is 1.46. The molecule has 1 unspecified atom stereocenters. The van der Waals surface area contributed by atoms with E-state index in [1.807, 2.05) is 12.3 Å². The average Bonchev–Trinajstić information content (AvgIpc) is 3.07. The fourth-order valence-electron chi connectivity index (χ4n) is 1.51. The van der Waals surface area contributed by atoms with E-state index in [2.05, 4.69) is 15.6 Å². The number of amides is 2. The molecule has 0 aliphatic rings. The molecule has 7 nitrogen and oxygen atoms in total. The van der Waals surface area contributed by atoms with Gasteiger partial charge in [0.2, 0.25) is 5.76 Å². The van der Waals surface area contributed by atoms with Crippen LogP contribution in [0.15, 0.2) is 28.1 Å². The Balaban J connectivity index is 1.81. The third-order valence-electron chi connectivity index (χ3n) is 2.47. The number of carbonyl (C=O) groups is 2. The predicted molar refractivity (Wildman–Crippen MR) is 71.6 cm³/mol. The van der Waals surface area contributed by atoms with E-state index in [0.29, 0.717) is 5.76 Å². The molecule has 2 aromatic heterocycles. The van der Waals surface area contributed by atoms with E-state index in [-0.39, 0.29) is 24.4 Å². The summed E-state index contributed by atoms with van der Waals surface area (Å²) in [5, 5.41) is 16.7. The number of aromatic nitrogens is 1. The summed E-state index contributed by atoms with van der Waals surface area (Å²) < 4.78 is 5.02.